The Bertz CT molecular complexity index is 540. The zero-order chi connectivity index (χ0) is 13.7. The van der Waals surface area contributed by atoms with E-state index in [1.54, 1.807) is 11.3 Å². The molecule has 0 bridgehead atoms. The van der Waals surface area contributed by atoms with Gasteiger partial charge in [0.2, 0.25) is 0 Å². The third-order valence-electron chi connectivity index (χ3n) is 2.89. The lowest BCUT2D eigenvalue weighted by Gasteiger charge is -2.04. The SMILES string of the molecule is CCOc1ccc(C(=O)Cc2ccc(CC)s2)cc1. The monoisotopic (exact) mass is 274 g/mol. The molecular formula is C16H18O2S. The van der Waals surface area contributed by atoms with Gasteiger partial charge in [0.1, 0.15) is 5.75 Å². The van der Waals surface area contributed by atoms with Gasteiger partial charge in [-0.2, -0.15) is 0 Å². The van der Waals surface area contributed by atoms with E-state index in [0.29, 0.717) is 13.0 Å². The summed E-state index contributed by atoms with van der Waals surface area (Å²) in [6.07, 6.45) is 1.51. The Kier molecular flexibility index (Phi) is 4.74. The average Bonchev–Trinajstić information content (AvgIpc) is 2.87. The quantitative estimate of drug-likeness (QED) is 0.740. The Balaban J connectivity index is 2.02. The Hall–Kier alpha value is -1.61. The Morgan fingerprint density at radius 3 is 2.32 bits per heavy atom. The maximum Gasteiger partial charge on any atom is 0.168 e. The number of benzene rings is 1. The number of ketones is 1. The van der Waals surface area contributed by atoms with Gasteiger partial charge in [-0.05, 0) is 49.7 Å². The van der Waals surface area contributed by atoms with Crippen LogP contribution in [0.25, 0.3) is 0 Å². The highest BCUT2D eigenvalue weighted by Crippen LogP contribution is 2.20. The lowest BCUT2D eigenvalue weighted by molar-refractivity contribution is 0.0994. The molecule has 0 saturated carbocycles. The first-order chi connectivity index (χ1) is 9.22. The zero-order valence-corrected chi connectivity index (χ0v) is 12.1. The number of hydrogen-bond acceptors (Lipinski definition) is 3. The molecule has 3 heteroatoms. The van der Waals surface area contributed by atoms with Crippen molar-refractivity contribution in [2.24, 2.45) is 0 Å². The summed E-state index contributed by atoms with van der Waals surface area (Å²) in [5.74, 6) is 0.969. The molecule has 0 amide bonds. The van der Waals surface area contributed by atoms with Crippen LogP contribution >= 0.6 is 11.3 Å². The molecule has 0 unspecified atom stereocenters. The van der Waals surface area contributed by atoms with Crippen molar-refractivity contribution in [1.82, 2.24) is 0 Å². The molecule has 1 aromatic carbocycles. The second-order valence-electron chi connectivity index (χ2n) is 4.28. The molecular weight excluding hydrogens is 256 g/mol. The van der Waals surface area contributed by atoms with E-state index in [4.69, 9.17) is 4.74 Å². The van der Waals surface area contributed by atoms with E-state index < -0.39 is 0 Å². The highest BCUT2D eigenvalue weighted by molar-refractivity contribution is 7.12. The van der Waals surface area contributed by atoms with Crippen LogP contribution in [-0.4, -0.2) is 12.4 Å². The van der Waals surface area contributed by atoms with Gasteiger partial charge in [0.05, 0.1) is 6.61 Å². The largest absolute Gasteiger partial charge is 0.494 e. The first kappa shape index (κ1) is 13.8. The molecule has 0 fully saturated rings. The minimum atomic E-state index is 0.160. The fourth-order valence-corrected chi connectivity index (χ4v) is 2.83. The maximum atomic E-state index is 12.1. The molecule has 0 atom stereocenters. The second kappa shape index (κ2) is 6.53. The van der Waals surface area contributed by atoms with Crippen LogP contribution in [0, 0.1) is 0 Å². The van der Waals surface area contributed by atoms with E-state index in [0.717, 1.165) is 22.6 Å². The van der Waals surface area contributed by atoms with E-state index in [-0.39, 0.29) is 5.78 Å². The number of carbonyl (C=O) groups is 1. The van der Waals surface area contributed by atoms with Gasteiger partial charge in [-0.1, -0.05) is 6.92 Å². The first-order valence-corrected chi connectivity index (χ1v) is 7.38. The minimum absolute atomic E-state index is 0.160. The van der Waals surface area contributed by atoms with Crippen LogP contribution < -0.4 is 4.74 Å². The molecule has 2 nitrogen and oxygen atoms in total. The molecule has 0 radical (unpaired) electrons. The molecule has 19 heavy (non-hydrogen) atoms. The Morgan fingerprint density at radius 2 is 1.74 bits per heavy atom. The topological polar surface area (TPSA) is 26.3 Å². The van der Waals surface area contributed by atoms with Crippen LogP contribution in [0.15, 0.2) is 36.4 Å². The van der Waals surface area contributed by atoms with Gasteiger partial charge >= 0.3 is 0 Å². The number of hydrogen-bond donors (Lipinski definition) is 0. The van der Waals surface area contributed by atoms with Crippen LogP contribution in [0.4, 0.5) is 0 Å². The van der Waals surface area contributed by atoms with Gasteiger partial charge in [-0.25, -0.2) is 0 Å². The summed E-state index contributed by atoms with van der Waals surface area (Å²) in [4.78, 5) is 14.6. The molecule has 100 valence electrons. The van der Waals surface area contributed by atoms with Crippen LogP contribution in [0.5, 0.6) is 5.75 Å². The van der Waals surface area contributed by atoms with Crippen molar-refractivity contribution >= 4 is 17.1 Å². The van der Waals surface area contributed by atoms with Gasteiger partial charge in [-0.15, -0.1) is 11.3 Å². The third-order valence-corrected chi connectivity index (χ3v) is 4.12. The van der Waals surface area contributed by atoms with Crippen LogP contribution in [0.3, 0.4) is 0 Å². The van der Waals surface area contributed by atoms with Crippen LogP contribution in [0.2, 0.25) is 0 Å². The van der Waals surface area contributed by atoms with Crippen molar-refractivity contribution in [2.45, 2.75) is 26.7 Å². The van der Waals surface area contributed by atoms with Gasteiger partial charge in [0.25, 0.3) is 0 Å². The van der Waals surface area contributed by atoms with Crippen molar-refractivity contribution in [2.75, 3.05) is 6.61 Å². The van der Waals surface area contributed by atoms with Crippen molar-refractivity contribution in [3.05, 3.63) is 51.7 Å². The van der Waals surface area contributed by atoms with Crippen molar-refractivity contribution in [1.29, 1.82) is 0 Å². The average molecular weight is 274 g/mol. The smallest absolute Gasteiger partial charge is 0.168 e. The number of Topliss-reactive ketones (excluding diaryl/α,β-unsaturated/α-hetero) is 1. The molecule has 0 aliphatic carbocycles. The molecule has 2 rings (SSSR count). The van der Waals surface area contributed by atoms with Gasteiger partial charge in [-0.3, -0.25) is 4.79 Å². The predicted octanol–water partition coefficient (Wildman–Crippen LogP) is 4.13. The van der Waals surface area contributed by atoms with Crippen molar-refractivity contribution < 1.29 is 9.53 Å². The van der Waals surface area contributed by atoms with Gasteiger partial charge in [0.15, 0.2) is 5.78 Å². The van der Waals surface area contributed by atoms with E-state index in [2.05, 4.69) is 19.1 Å². The fraction of sp³-hybridized carbons (Fsp3) is 0.312. The number of thiophene rings is 1. The fourth-order valence-electron chi connectivity index (χ4n) is 1.87. The molecule has 2 aromatic rings. The maximum absolute atomic E-state index is 12.1. The number of carbonyl (C=O) groups excluding carboxylic acids is 1. The van der Waals surface area contributed by atoms with Gasteiger partial charge in [0, 0.05) is 21.7 Å². The summed E-state index contributed by atoms with van der Waals surface area (Å²) in [5, 5.41) is 0. The second-order valence-corrected chi connectivity index (χ2v) is 5.53. The highest BCUT2D eigenvalue weighted by Gasteiger charge is 2.09. The summed E-state index contributed by atoms with van der Waals surface area (Å²) >= 11 is 1.72. The zero-order valence-electron chi connectivity index (χ0n) is 11.3. The van der Waals surface area contributed by atoms with Crippen molar-refractivity contribution in [3.8, 4) is 5.75 Å². The highest BCUT2D eigenvalue weighted by atomic mass is 32.1. The van der Waals surface area contributed by atoms with Crippen LogP contribution in [-0.2, 0) is 12.8 Å². The Morgan fingerprint density at radius 1 is 1.05 bits per heavy atom. The summed E-state index contributed by atoms with van der Waals surface area (Å²) in [6.45, 7) is 4.72. The third kappa shape index (κ3) is 3.67. The molecule has 0 aliphatic rings. The van der Waals surface area contributed by atoms with E-state index in [1.165, 1.54) is 4.88 Å². The normalized spacial score (nSPS) is 10.4. The van der Waals surface area contributed by atoms with Gasteiger partial charge < -0.3 is 4.74 Å². The Labute approximate surface area is 118 Å². The minimum Gasteiger partial charge on any atom is -0.494 e. The summed E-state index contributed by atoms with van der Waals surface area (Å²) in [6, 6.07) is 11.5. The summed E-state index contributed by atoms with van der Waals surface area (Å²) < 4.78 is 5.37. The number of ether oxygens (including phenoxy) is 1. The van der Waals surface area contributed by atoms with E-state index in [9.17, 15) is 4.79 Å². The molecule has 1 heterocycles. The molecule has 0 aliphatic heterocycles. The molecule has 0 saturated heterocycles. The van der Waals surface area contributed by atoms with E-state index >= 15 is 0 Å². The lowest BCUT2D eigenvalue weighted by atomic mass is 10.1. The first-order valence-electron chi connectivity index (χ1n) is 6.56. The molecule has 0 spiro atoms. The predicted molar refractivity (Wildman–Crippen MR) is 79.3 cm³/mol. The summed E-state index contributed by atoms with van der Waals surface area (Å²) in [5.41, 5.74) is 0.745. The summed E-state index contributed by atoms with van der Waals surface area (Å²) in [7, 11) is 0. The number of aryl methyl sites for hydroxylation is 1. The molecule has 0 N–H and O–H groups in total. The van der Waals surface area contributed by atoms with Crippen molar-refractivity contribution in [3.63, 3.8) is 0 Å². The molecule has 1 aromatic heterocycles. The number of rotatable bonds is 6. The van der Waals surface area contributed by atoms with E-state index in [1.807, 2.05) is 31.2 Å². The van der Waals surface area contributed by atoms with Crippen LogP contribution in [0.1, 0.15) is 34.0 Å². The standard InChI is InChI=1S/C16H18O2S/c1-3-14-9-10-15(19-14)11-16(17)12-5-7-13(8-6-12)18-4-2/h5-10H,3-4,11H2,1-2H3. The lowest BCUT2D eigenvalue weighted by Crippen LogP contribution is -2.02.